The van der Waals surface area contributed by atoms with E-state index in [1.807, 2.05) is 13.8 Å². The molecule has 6 heteroatoms. The smallest absolute Gasteiger partial charge is 0.249 e. The molecule has 0 aliphatic heterocycles. The minimum absolute atomic E-state index is 0.0897. The van der Waals surface area contributed by atoms with E-state index >= 15 is 0 Å². The molecule has 1 aromatic heterocycles. The molecule has 1 amide bonds. The van der Waals surface area contributed by atoms with Gasteiger partial charge in [-0.2, -0.15) is 5.10 Å². The SMILES string of the molecule is Cc1nnc(NC(=O)C2(CN)CC(C)C2)nc1C. The lowest BCUT2D eigenvalue weighted by molar-refractivity contribution is -0.132. The second-order valence-corrected chi connectivity index (χ2v) is 5.26. The summed E-state index contributed by atoms with van der Waals surface area (Å²) < 4.78 is 0. The third kappa shape index (κ3) is 2.20. The zero-order valence-electron chi connectivity index (χ0n) is 11.0. The van der Waals surface area contributed by atoms with Crippen molar-refractivity contribution in [1.82, 2.24) is 15.2 Å². The summed E-state index contributed by atoms with van der Waals surface area (Å²) in [6.07, 6.45) is 1.65. The normalized spacial score (nSPS) is 26.6. The predicted octanol–water partition coefficient (Wildman–Crippen LogP) is 0.802. The van der Waals surface area contributed by atoms with Gasteiger partial charge in [0.2, 0.25) is 11.9 Å². The molecular weight excluding hydrogens is 230 g/mol. The van der Waals surface area contributed by atoms with Crippen LogP contribution in [0.3, 0.4) is 0 Å². The molecule has 1 aliphatic rings. The van der Waals surface area contributed by atoms with Crippen LogP contribution in [0.25, 0.3) is 0 Å². The Kier molecular flexibility index (Phi) is 3.30. The van der Waals surface area contributed by atoms with Crippen LogP contribution >= 0.6 is 0 Å². The average Bonchev–Trinajstić information content (AvgIpc) is 2.29. The number of nitrogens with two attached hydrogens (primary N) is 1. The highest BCUT2D eigenvalue weighted by Gasteiger charge is 2.47. The highest BCUT2D eigenvalue weighted by molar-refractivity contribution is 5.94. The van der Waals surface area contributed by atoms with Gasteiger partial charge < -0.3 is 5.73 Å². The van der Waals surface area contributed by atoms with Gasteiger partial charge in [-0.05, 0) is 32.6 Å². The van der Waals surface area contributed by atoms with Gasteiger partial charge in [0.1, 0.15) is 0 Å². The molecule has 2 rings (SSSR count). The molecule has 1 saturated carbocycles. The summed E-state index contributed by atoms with van der Waals surface area (Å²) in [5, 5.41) is 10.5. The van der Waals surface area contributed by atoms with Crippen LogP contribution in [-0.2, 0) is 4.79 Å². The zero-order valence-corrected chi connectivity index (χ0v) is 11.0. The van der Waals surface area contributed by atoms with Gasteiger partial charge in [-0.15, -0.1) is 5.10 Å². The fraction of sp³-hybridized carbons (Fsp3) is 0.667. The summed E-state index contributed by atoms with van der Waals surface area (Å²) in [4.78, 5) is 16.4. The van der Waals surface area contributed by atoms with E-state index in [1.54, 1.807) is 0 Å². The average molecular weight is 249 g/mol. The zero-order chi connectivity index (χ0) is 13.3. The molecule has 1 aliphatic carbocycles. The third-order valence-corrected chi connectivity index (χ3v) is 3.67. The van der Waals surface area contributed by atoms with Gasteiger partial charge in [0.25, 0.3) is 0 Å². The molecular formula is C12H19N5O. The molecule has 6 nitrogen and oxygen atoms in total. The van der Waals surface area contributed by atoms with Crippen molar-refractivity contribution < 1.29 is 4.79 Å². The van der Waals surface area contributed by atoms with Crippen molar-refractivity contribution in [1.29, 1.82) is 0 Å². The van der Waals surface area contributed by atoms with Crippen molar-refractivity contribution in [3.63, 3.8) is 0 Å². The van der Waals surface area contributed by atoms with Gasteiger partial charge in [-0.3, -0.25) is 10.1 Å². The highest BCUT2D eigenvalue weighted by Crippen LogP contribution is 2.45. The number of rotatable bonds is 3. The van der Waals surface area contributed by atoms with Crippen molar-refractivity contribution in [2.75, 3.05) is 11.9 Å². The van der Waals surface area contributed by atoms with E-state index in [0.717, 1.165) is 24.2 Å². The fourth-order valence-electron chi connectivity index (χ4n) is 2.46. The summed E-state index contributed by atoms with van der Waals surface area (Å²) >= 11 is 0. The first kappa shape index (κ1) is 12.9. The van der Waals surface area contributed by atoms with Crippen LogP contribution in [-0.4, -0.2) is 27.6 Å². The van der Waals surface area contributed by atoms with Gasteiger partial charge >= 0.3 is 0 Å². The second-order valence-electron chi connectivity index (χ2n) is 5.26. The first-order valence-corrected chi connectivity index (χ1v) is 6.16. The van der Waals surface area contributed by atoms with Gasteiger partial charge in [-0.25, -0.2) is 4.98 Å². The first-order valence-electron chi connectivity index (χ1n) is 6.16. The number of amides is 1. The van der Waals surface area contributed by atoms with Crippen molar-refractivity contribution in [3.05, 3.63) is 11.4 Å². The summed E-state index contributed by atoms with van der Waals surface area (Å²) in [7, 11) is 0. The Morgan fingerprint density at radius 1 is 1.39 bits per heavy atom. The van der Waals surface area contributed by atoms with Gasteiger partial charge in [0.05, 0.1) is 16.8 Å². The molecule has 0 atom stereocenters. The van der Waals surface area contributed by atoms with E-state index in [1.165, 1.54) is 0 Å². The van der Waals surface area contributed by atoms with Crippen LogP contribution < -0.4 is 11.1 Å². The van der Waals surface area contributed by atoms with Gasteiger partial charge in [0.15, 0.2) is 0 Å². The van der Waals surface area contributed by atoms with Crippen LogP contribution in [0.4, 0.5) is 5.95 Å². The Bertz CT molecular complexity index is 468. The minimum atomic E-state index is -0.443. The number of aryl methyl sites for hydroxylation is 2. The van der Waals surface area contributed by atoms with Crippen molar-refractivity contribution in [2.24, 2.45) is 17.1 Å². The maximum absolute atomic E-state index is 12.2. The number of carbonyl (C=O) groups excluding carboxylic acids is 1. The topological polar surface area (TPSA) is 93.8 Å². The number of nitrogens with zero attached hydrogens (tertiary/aromatic N) is 3. The Labute approximate surface area is 106 Å². The lowest BCUT2D eigenvalue weighted by atomic mass is 9.62. The first-order chi connectivity index (χ1) is 8.47. The molecule has 98 valence electrons. The van der Waals surface area contributed by atoms with E-state index in [0.29, 0.717) is 12.5 Å². The Hall–Kier alpha value is -1.56. The minimum Gasteiger partial charge on any atom is -0.329 e. The Balaban J connectivity index is 2.09. The summed E-state index contributed by atoms with van der Waals surface area (Å²) in [5.41, 5.74) is 6.81. The number of hydrogen-bond donors (Lipinski definition) is 2. The molecule has 1 aromatic rings. The molecule has 0 spiro atoms. The Morgan fingerprint density at radius 3 is 2.56 bits per heavy atom. The van der Waals surface area contributed by atoms with E-state index in [2.05, 4.69) is 27.4 Å². The van der Waals surface area contributed by atoms with Crippen molar-refractivity contribution in [3.8, 4) is 0 Å². The highest BCUT2D eigenvalue weighted by atomic mass is 16.2. The maximum Gasteiger partial charge on any atom is 0.249 e. The molecule has 1 fully saturated rings. The summed E-state index contributed by atoms with van der Waals surface area (Å²) in [6, 6.07) is 0. The lowest BCUT2D eigenvalue weighted by Crippen LogP contribution is -2.51. The molecule has 0 radical (unpaired) electrons. The van der Waals surface area contributed by atoms with Crippen LogP contribution in [0.1, 0.15) is 31.2 Å². The molecule has 0 saturated heterocycles. The Morgan fingerprint density at radius 2 is 2.06 bits per heavy atom. The molecule has 18 heavy (non-hydrogen) atoms. The van der Waals surface area contributed by atoms with E-state index in [4.69, 9.17) is 5.73 Å². The number of nitrogens with one attached hydrogen (secondary N) is 1. The third-order valence-electron chi connectivity index (χ3n) is 3.67. The maximum atomic E-state index is 12.2. The summed E-state index contributed by atoms with van der Waals surface area (Å²) in [6.45, 7) is 6.15. The predicted molar refractivity (Wildman–Crippen MR) is 67.8 cm³/mol. The standard InChI is InChI=1S/C12H19N5O/c1-7-4-12(5-7,6-13)10(18)15-11-14-8(2)9(3)16-17-11/h7H,4-6,13H2,1-3H3,(H,14,15,17,18). The van der Waals surface area contributed by atoms with Crippen LogP contribution in [0, 0.1) is 25.2 Å². The molecule has 0 aromatic carbocycles. The number of anilines is 1. The number of hydrogen-bond acceptors (Lipinski definition) is 5. The van der Waals surface area contributed by atoms with Crippen molar-refractivity contribution >= 4 is 11.9 Å². The quantitative estimate of drug-likeness (QED) is 0.826. The lowest BCUT2D eigenvalue weighted by Gasteiger charge is -2.43. The molecule has 1 heterocycles. The second kappa shape index (κ2) is 4.61. The van der Waals surface area contributed by atoms with Crippen molar-refractivity contribution in [2.45, 2.75) is 33.6 Å². The number of carbonyl (C=O) groups is 1. The van der Waals surface area contributed by atoms with Gasteiger partial charge in [-0.1, -0.05) is 6.92 Å². The molecule has 0 unspecified atom stereocenters. The summed E-state index contributed by atoms with van der Waals surface area (Å²) in [5.74, 6) is 0.724. The fourth-order valence-corrected chi connectivity index (χ4v) is 2.46. The van der Waals surface area contributed by atoms with E-state index in [9.17, 15) is 4.79 Å². The number of aromatic nitrogens is 3. The van der Waals surface area contributed by atoms with Gasteiger partial charge in [0, 0.05) is 6.54 Å². The van der Waals surface area contributed by atoms with Crippen LogP contribution in [0.15, 0.2) is 0 Å². The molecule has 3 N–H and O–H groups in total. The van der Waals surface area contributed by atoms with E-state index < -0.39 is 5.41 Å². The van der Waals surface area contributed by atoms with Crippen LogP contribution in [0.2, 0.25) is 0 Å². The van der Waals surface area contributed by atoms with Crippen LogP contribution in [0.5, 0.6) is 0 Å². The largest absolute Gasteiger partial charge is 0.329 e. The molecule has 0 bridgehead atoms. The monoisotopic (exact) mass is 249 g/mol. The van der Waals surface area contributed by atoms with E-state index in [-0.39, 0.29) is 11.9 Å².